The van der Waals surface area contributed by atoms with Gasteiger partial charge in [0.25, 0.3) is 5.91 Å². The van der Waals surface area contributed by atoms with Crippen LogP contribution in [-0.4, -0.2) is 40.6 Å². The van der Waals surface area contributed by atoms with Crippen molar-refractivity contribution in [2.45, 2.75) is 0 Å². The van der Waals surface area contributed by atoms with Gasteiger partial charge in [-0.1, -0.05) is 6.08 Å². The minimum absolute atomic E-state index is 0.108. The summed E-state index contributed by atoms with van der Waals surface area (Å²) in [6.07, 6.45) is 2.94. The van der Waals surface area contributed by atoms with E-state index in [1.807, 2.05) is 0 Å². The van der Waals surface area contributed by atoms with Gasteiger partial charge in [0.2, 0.25) is 5.56 Å². The summed E-state index contributed by atoms with van der Waals surface area (Å²) in [4.78, 5) is 26.6. The number of pyridine rings is 1. The molecule has 0 fully saturated rings. The normalized spacial score (nSPS) is 9.81. The molecule has 0 spiro atoms. The number of H-pyrrole nitrogens is 1. The number of nitrogens with zero attached hydrogens (tertiary/aromatic N) is 1. The predicted molar refractivity (Wildman–Crippen MR) is 60.2 cm³/mol. The second-order valence-corrected chi connectivity index (χ2v) is 3.21. The fourth-order valence-corrected chi connectivity index (χ4v) is 1.28. The van der Waals surface area contributed by atoms with Gasteiger partial charge in [0.05, 0.1) is 12.2 Å². The average molecular weight is 222 g/mol. The van der Waals surface area contributed by atoms with E-state index in [1.165, 1.54) is 23.2 Å². The van der Waals surface area contributed by atoms with Crippen molar-refractivity contribution >= 4 is 5.91 Å². The molecular formula is C11H14N2O3. The van der Waals surface area contributed by atoms with Crippen LogP contribution in [0.2, 0.25) is 0 Å². The third-order valence-corrected chi connectivity index (χ3v) is 2.04. The topological polar surface area (TPSA) is 73.4 Å². The Kier molecular flexibility index (Phi) is 4.47. The molecule has 0 radical (unpaired) electrons. The first-order chi connectivity index (χ1) is 7.69. The number of nitrogens with one attached hydrogen (secondary N) is 1. The molecule has 0 aromatic carbocycles. The Hall–Kier alpha value is -1.88. The van der Waals surface area contributed by atoms with Crippen LogP contribution in [-0.2, 0) is 0 Å². The molecule has 1 heterocycles. The molecule has 0 saturated heterocycles. The van der Waals surface area contributed by atoms with Crippen molar-refractivity contribution in [3.8, 4) is 0 Å². The highest BCUT2D eigenvalue weighted by Gasteiger charge is 2.13. The lowest BCUT2D eigenvalue weighted by molar-refractivity contribution is 0.0742. The molecule has 5 heteroatoms. The summed E-state index contributed by atoms with van der Waals surface area (Å²) in [7, 11) is 0. The fourth-order valence-electron chi connectivity index (χ4n) is 1.28. The maximum atomic E-state index is 11.9. The summed E-state index contributed by atoms with van der Waals surface area (Å²) in [5.74, 6) is -0.245. The molecule has 0 unspecified atom stereocenters. The van der Waals surface area contributed by atoms with Crippen LogP contribution in [0.3, 0.4) is 0 Å². The number of hydrogen-bond donors (Lipinski definition) is 2. The molecular weight excluding hydrogens is 208 g/mol. The van der Waals surface area contributed by atoms with E-state index in [9.17, 15) is 9.59 Å². The summed E-state index contributed by atoms with van der Waals surface area (Å²) in [5.41, 5.74) is 0.129. The Labute approximate surface area is 93.0 Å². The summed E-state index contributed by atoms with van der Waals surface area (Å²) >= 11 is 0. The summed E-state index contributed by atoms with van der Waals surface area (Å²) < 4.78 is 0. The van der Waals surface area contributed by atoms with Crippen LogP contribution in [0.1, 0.15) is 10.4 Å². The van der Waals surface area contributed by atoms with E-state index in [4.69, 9.17) is 5.11 Å². The van der Waals surface area contributed by atoms with E-state index in [2.05, 4.69) is 11.6 Å². The number of carbonyl (C=O) groups is 1. The maximum absolute atomic E-state index is 11.9. The molecule has 0 aliphatic rings. The van der Waals surface area contributed by atoms with Crippen LogP contribution in [0.5, 0.6) is 0 Å². The second kappa shape index (κ2) is 5.87. The van der Waals surface area contributed by atoms with Gasteiger partial charge >= 0.3 is 0 Å². The Morgan fingerprint density at radius 2 is 2.31 bits per heavy atom. The van der Waals surface area contributed by atoms with Crippen molar-refractivity contribution in [2.24, 2.45) is 0 Å². The van der Waals surface area contributed by atoms with Gasteiger partial charge in [-0.05, 0) is 6.07 Å². The molecule has 0 bridgehead atoms. The molecule has 1 amide bonds. The molecule has 1 rings (SSSR count). The summed E-state index contributed by atoms with van der Waals surface area (Å²) in [5, 5.41) is 8.82. The van der Waals surface area contributed by atoms with E-state index in [-0.39, 0.29) is 24.6 Å². The Morgan fingerprint density at radius 3 is 2.81 bits per heavy atom. The van der Waals surface area contributed by atoms with Crippen molar-refractivity contribution in [1.29, 1.82) is 0 Å². The van der Waals surface area contributed by atoms with Crippen molar-refractivity contribution in [2.75, 3.05) is 19.7 Å². The van der Waals surface area contributed by atoms with Gasteiger partial charge in [0, 0.05) is 25.4 Å². The van der Waals surface area contributed by atoms with Crippen LogP contribution in [0.15, 0.2) is 35.8 Å². The van der Waals surface area contributed by atoms with Gasteiger partial charge in [-0.2, -0.15) is 0 Å². The van der Waals surface area contributed by atoms with Crippen molar-refractivity contribution in [3.63, 3.8) is 0 Å². The number of aliphatic hydroxyl groups is 1. The summed E-state index contributed by atoms with van der Waals surface area (Å²) in [6, 6.07) is 2.74. The lowest BCUT2D eigenvalue weighted by Gasteiger charge is -2.19. The first kappa shape index (κ1) is 12.2. The highest BCUT2D eigenvalue weighted by atomic mass is 16.3. The Morgan fingerprint density at radius 1 is 1.56 bits per heavy atom. The number of rotatable bonds is 5. The largest absolute Gasteiger partial charge is 0.395 e. The van der Waals surface area contributed by atoms with E-state index >= 15 is 0 Å². The quantitative estimate of drug-likeness (QED) is 0.688. The average Bonchev–Trinajstić information content (AvgIpc) is 2.29. The number of aromatic nitrogens is 1. The second-order valence-electron chi connectivity index (χ2n) is 3.21. The minimum atomic E-state index is -0.256. The number of amides is 1. The van der Waals surface area contributed by atoms with Crippen LogP contribution in [0.4, 0.5) is 0 Å². The van der Waals surface area contributed by atoms with Gasteiger partial charge in [-0.25, -0.2) is 0 Å². The van der Waals surface area contributed by atoms with E-state index in [1.54, 1.807) is 6.08 Å². The van der Waals surface area contributed by atoms with Crippen LogP contribution >= 0.6 is 0 Å². The third kappa shape index (κ3) is 3.06. The van der Waals surface area contributed by atoms with Gasteiger partial charge in [0.1, 0.15) is 0 Å². The van der Waals surface area contributed by atoms with Gasteiger partial charge in [-0.3, -0.25) is 9.59 Å². The minimum Gasteiger partial charge on any atom is -0.395 e. The smallest absolute Gasteiger partial charge is 0.255 e. The van der Waals surface area contributed by atoms with Gasteiger partial charge in [-0.15, -0.1) is 6.58 Å². The van der Waals surface area contributed by atoms with E-state index < -0.39 is 0 Å². The highest BCUT2D eigenvalue weighted by molar-refractivity contribution is 5.93. The lowest BCUT2D eigenvalue weighted by Crippen LogP contribution is -2.34. The lowest BCUT2D eigenvalue weighted by atomic mass is 10.2. The zero-order valence-corrected chi connectivity index (χ0v) is 8.85. The van der Waals surface area contributed by atoms with Gasteiger partial charge in [0.15, 0.2) is 0 Å². The molecule has 0 aliphatic heterocycles. The molecule has 1 aromatic heterocycles. The molecule has 0 atom stereocenters. The van der Waals surface area contributed by atoms with Crippen LogP contribution in [0, 0.1) is 0 Å². The third-order valence-electron chi connectivity index (χ3n) is 2.04. The number of aliphatic hydroxyl groups excluding tert-OH is 1. The first-order valence-corrected chi connectivity index (χ1v) is 4.89. The first-order valence-electron chi connectivity index (χ1n) is 4.89. The molecule has 5 nitrogen and oxygen atoms in total. The van der Waals surface area contributed by atoms with Crippen molar-refractivity contribution in [3.05, 3.63) is 46.9 Å². The molecule has 16 heavy (non-hydrogen) atoms. The fraction of sp³-hybridized carbons (Fsp3) is 0.273. The molecule has 1 aromatic rings. The highest BCUT2D eigenvalue weighted by Crippen LogP contribution is 2.01. The number of hydrogen-bond acceptors (Lipinski definition) is 3. The van der Waals surface area contributed by atoms with Crippen LogP contribution < -0.4 is 5.56 Å². The van der Waals surface area contributed by atoms with Crippen LogP contribution in [0.25, 0.3) is 0 Å². The number of aromatic amines is 1. The summed E-state index contributed by atoms with van der Waals surface area (Å²) in [6.45, 7) is 4.03. The molecule has 2 N–H and O–H groups in total. The zero-order chi connectivity index (χ0) is 12.0. The molecule has 86 valence electrons. The van der Waals surface area contributed by atoms with E-state index in [0.717, 1.165) is 0 Å². The van der Waals surface area contributed by atoms with Crippen molar-refractivity contribution < 1.29 is 9.90 Å². The van der Waals surface area contributed by atoms with E-state index in [0.29, 0.717) is 12.1 Å². The maximum Gasteiger partial charge on any atom is 0.255 e. The Balaban J connectivity index is 2.84. The van der Waals surface area contributed by atoms with Crippen molar-refractivity contribution in [1.82, 2.24) is 9.88 Å². The Bertz CT molecular complexity index is 405. The zero-order valence-electron chi connectivity index (χ0n) is 8.85. The SMILES string of the molecule is C=CCN(CCO)C(=O)c1ccc(=O)[nH]c1. The monoisotopic (exact) mass is 222 g/mol. The molecule has 0 saturated carbocycles. The predicted octanol–water partition coefficient (Wildman–Crippen LogP) is -0.00460. The number of carbonyl (C=O) groups excluding carboxylic acids is 1. The van der Waals surface area contributed by atoms with Gasteiger partial charge < -0.3 is 15.0 Å². The molecule has 0 aliphatic carbocycles. The standard InChI is InChI=1S/C11H14N2O3/c1-2-5-13(6-7-14)11(16)9-3-4-10(15)12-8-9/h2-4,8,14H,1,5-7H2,(H,12,15).